The molecule has 0 bridgehead atoms. The van der Waals surface area contributed by atoms with Gasteiger partial charge in [0.1, 0.15) is 6.04 Å². The quantitative estimate of drug-likeness (QED) is 0.854. The van der Waals surface area contributed by atoms with E-state index in [1.165, 1.54) is 7.11 Å². The van der Waals surface area contributed by atoms with Crippen molar-refractivity contribution in [2.24, 2.45) is 5.73 Å². The molecule has 5 nitrogen and oxygen atoms in total. The molecular formula is C13H16BrNO4. The Kier molecular flexibility index (Phi) is 4.66. The van der Waals surface area contributed by atoms with Crippen molar-refractivity contribution in [1.29, 1.82) is 0 Å². The number of benzene rings is 1. The highest BCUT2D eigenvalue weighted by Crippen LogP contribution is 2.38. The molecule has 0 fully saturated rings. The largest absolute Gasteiger partial charge is 0.490 e. The first-order valence-corrected chi connectivity index (χ1v) is 6.82. The van der Waals surface area contributed by atoms with Crippen molar-refractivity contribution >= 4 is 21.9 Å². The molecule has 1 heterocycles. The van der Waals surface area contributed by atoms with Gasteiger partial charge in [-0.2, -0.15) is 0 Å². The van der Waals surface area contributed by atoms with Crippen molar-refractivity contribution < 1.29 is 19.0 Å². The van der Waals surface area contributed by atoms with E-state index in [1.54, 1.807) is 0 Å². The standard InChI is InChI=1S/C13H16BrNO4/c1-17-13(16)10(15)6-8-5-9(14)12-11(7-8)18-3-2-4-19-12/h5,7,10H,2-4,6,15H2,1H3. The van der Waals surface area contributed by atoms with E-state index in [1.807, 2.05) is 12.1 Å². The molecule has 19 heavy (non-hydrogen) atoms. The fourth-order valence-electron chi connectivity index (χ4n) is 1.89. The Morgan fingerprint density at radius 1 is 1.47 bits per heavy atom. The van der Waals surface area contributed by atoms with Crippen molar-refractivity contribution in [3.05, 3.63) is 22.2 Å². The summed E-state index contributed by atoms with van der Waals surface area (Å²) in [4.78, 5) is 11.3. The van der Waals surface area contributed by atoms with Crippen LogP contribution in [0.25, 0.3) is 0 Å². The number of hydrogen-bond donors (Lipinski definition) is 1. The molecule has 1 aliphatic rings. The number of hydrogen-bond acceptors (Lipinski definition) is 5. The topological polar surface area (TPSA) is 70.8 Å². The Morgan fingerprint density at radius 3 is 2.95 bits per heavy atom. The Labute approximate surface area is 120 Å². The van der Waals surface area contributed by atoms with Gasteiger partial charge in [0.05, 0.1) is 24.8 Å². The summed E-state index contributed by atoms with van der Waals surface area (Å²) in [7, 11) is 1.33. The van der Waals surface area contributed by atoms with E-state index in [0.717, 1.165) is 16.5 Å². The molecule has 104 valence electrons. The van der Waals surface area contributed by atoms with Crippen LogP contribution in [0.15, 0.2) is 16.6 Å². The summed E-state index contributed by atoms with van der Waals surface area (Å²) in [6.45, 7) is 1.25. The summed E-state index contributed by atoms with van der Waals surface area (Å²) in [5, 5.41) is 0. The fraction of sp³-hybridized carbons (Fsp3) is 0.462. The number of carbonyl (C=O) groups excluding carboxylic acids is 1. The highest BCUT2D eigenvalue weighted by atomic mass is 79.9. The Bertz CT molecular complexity index is 478. The van der Waals surface area contributed by atoms with Crippen molar-refractivity contribution in [3.8, 4) is 11.5 Å². The summed E-state index contributed by atoms with van der Waals surface area (Å²) in [5.74, 6) is 0.954. The van der Waals surface area contributed by atoms with Gasteiger partial charge in [-0.1, -0.05) is 0 Å². The molecule has 1 aromatic rings. The van der Waals surface area contributed by atoms with Gasteiger partial charge >= 0.3 is 5.97 Å². The average Bonchev–Trinajstić information content (AvgIpc) is 2.63. The smallest absolute Gasteiger partial charge is 0.322 e. The first-order valence-electron chi connectivity index (χ1n) is 6.03. The van der Waals surface area contributed by atoms with Crippen LogP contribution in [0.5, 0.6) is 11.5 Å². The van der Waals surface area contributed by atoms with E-state index in [0.29, 0.717) is 31.1 Å². The molecule has 0 saturated carbocycles. The molecular weight excluding hydrogens is 314 g/mol. The zero-order chi connectivity index (χ0) is 13.8. The molecule has 2 rings (SSSR count). The summed E-state index contributed by atoms with van der Waals surface area (Å²) in [6.07, 6.45) is 1.24. The van der Waals surface area contributed by atoms with Crippen LogP contribution >= 0.6 is 15.9 Å². The number of fused-ring (bicyclic) bond motifs is 1. The second kappa shape index (κ2) is 6.25. The van der Waals surface area contributed by atoms with E-state index in [4.69, 9.17) is 15.2 Å². The first-order chi connectivity index (χ1) is 9.11. The van der Waals surface area contributed by atoms with Gasteiger partial charge in [-0.05, 0) is 40.0 Å². The van der Waals surface area contributed by atoms with Gasteiger partial charge in [0.15, 0.2) is 11.5 Å². The zero-order valence-electron chi connectivity index (χ0n) is 10.6. The third-order valence-electron chi connectivity index (χ3n) is 2.82. The van der Waals surface area contributed by atoms with Gasteiger partial charge in [0, 0.05) is 6.42 Å². The predicted molar refractivity (Wildman–Crippen MR) is 73.4 cm³/mol. The van der Waals surface area contributed by atoms with Crippen LogP contribution in [-0.2, 0) is 16.0 Å². The highest BCUT2D eigenvalue weighted by Gasteiger charge is 2.19. The molecule has 0 spiro atoms. The van der Waals surface area contributed by atoms with E-state index >= 15 is 0 Å². The summed E-state index contributed by atoms with van der Waals surface area (Å²) < 4.78 is 16.7. The summed E-state index contributed by atoms with van der Waals surface area (Å²) in [5.41, 5.74) is 6.65. The Hall–Kier alpha value is -1.27. The fourth-order valence-corrected chi connectivity index (χ4v) is 2.49. The normalized spacial score (nSPS) is 15.5. The molecule has 1 aliphatic heterocycles. The minimum absolute atomic E-state index is 0.391. The van der Waals surface area contributed by atoms with Crippen molar-refractivity contribution in [2.75, 3.05) is 20.3 Å². The van der Waals surface area contributed by atoms with Gasteiger partial charge in [-0.15, -0.1) is 0 Å². The number of methoxy groups -OCH3 is 1. The van der Waals surface area contributed by atoms with Gasteiger partial charge in [-0.25, -0.2) is 0 Å². The molecule has 1 atom stereocenters. The number of halogens is 1. The summed E-state index contributed by atoms with van der Waals surface area (Å²) >= 11 is 3.45. The minimum atomic E-state index is -0.679. The lowest BCUT2D eigenvalue weighted by Gasteiger charge is -2.13. The first kappa shape index (κ1) is 14.1. The average molecular weight is 330 g/mol. The van der Waals surface area contributed by atoms with Crippen molar-refractivity contribution in [2.45, 2.75) is 18.9 Å². The van der Waals surface area contributed by atoms with Gasteiger partial charge < -0.3 is 19.9 Å². The van der Waals surface area contributed by atoms with Crippen LogP contribution in [0.3, 0.4) is 0 Å². The van der Waals surface area contributed by atoms with E-state index in [9.17, 15) is 4.79 Å². The van der Waals surface area contributed by atoms with Crippen LogP contribution in [0.2, 0.25) is 0 Å². The molecule has 0 saturated heterocycles. The number of carbonyl (C=O) groups is 1. The number of esters is 1. The second-order valence-electron chi connectivity index (χ2n) is 4.29. The minimum Gasteiger partial charge on any atom is -0.490 e. The Balaban J connectivity index is 2.21. The molecule has 0 radical (unpaired) electrons. The maximum absolute atomic E-state index is 11.3. The third-order valence-corrected chi connectivity index (χ3v) is 3.41. The lowest BCUT2D eigenvalue weighted by atomic mass is 10.1. The third kappa shape index (κ3) is 3.39. The van der Waals surface area contributed by atoms with Crippen LogP contribution in [0.1, 0.15) is 12.0 Å². The van der Waals surface area contributed by atoms with Gasteiger partial charge in [-0.3, -0.25) is 4.79 Å². The molecule has 0 aromatic heterocycles. The number of ether oxygens (including phenoxy) is 3. The maximum Gasteiger partial charge on any atom is 0.322 e. The van der Waals surface area contributed by atoms with Crippen LogP contribution in [0, 0.1) is 0 Å². The molecule has 6 heteroatoms. The molecule has 0 amide bonds. The number of rotatable bonds is 3. The maximum atomic E-state index is 11.3. The lowest BCUT2D eigenvalue weighted by molar-refractivity contribution is -0.142. The SMILES string of the molecule is COC(=O)C(N)Cc1cc(Br)c2c(c1)OCCCO2. The highest BCUT2D eigenvalue weighted by molar-refractivity contribution is 9.10. The second-order valence-corrected chi connectivity index (χ2v) is 5.14. The van der Waals surface area contributed by atoms with Crippen LogP contribution in [-0.4, -0.2) is 32.3 Å². The lowest BCUT2D eigenvalue weighted by Crippen LogP contribution is -2.33. The molecule has 0 aliphatic carbocycles. The predicted octanol–water partition coefficient (Wildman–Crippen LogP) is 1.65. The molecule has 1 unspecified atom stereocenters. The van der Waals surface area contributed by atoms with Crippen LogP contribution in [0.4, 0.5) is 0 Å². The van der Waals surface area contributed by atoms with E-state index in [-0.39, 0.29) is 0 Å². The van der Waals surface area contributed by atoms with Crippen LogP contribution < -0.4 is 15.2 Å². The molecule has 1 aromatic carbocycles. The van der Waals surface area contributed by atoms with Crippen molar-refractivity contribution in [1.82, 2.24) is 0 Å². The Morgan fingerprint density at radius 2 is 2.21 bits per heavy atom. The van der Waals surface area contributed by atoms with Gasteiger partial charge in [0.25, 0.3) is 0 Å². The van der Waals surface area contributed by atoms with E-state index in [2.05, 4.69) is 20.7 Å². The molecule has 2 N–H and O–H groups in total. The van der Waals surface area contributed by atoms with E-state index < -0.39 is 12.0 Å². The zero-order valence-corrected chi connectivity index (χ0v) is 12.2. The van der Waals surface area contributed by atoms with Crippen molar-refractivity contribution in [3.63, 3.8) is 0 Å². The summed E-state index contributed by atoms with van der Waals surface area (Å²) in [6, 6.07) is 3.06. The monoisotopic (exact) mass is 329 g/mol. The number of nitrogens with two attached hydrogens (primary N) is 1. The van der Waals surface area contributed by atoms with Gasteiger partial charge in [0.2, 0.25) is 0 Å².